The van der Waals surface area contributed by atoms with Gasteiger partial charge in [-0.15, -0.1) is 0 Å². The maximum Gasteiger partial charge on any atom is 0.283 e. The molecule has 166 valence electrons. The van der Waals surface area contributed by atoms with Gasteiger partial charge >= 0.3 is 0 Å². The van der Waals surface area contributed by atoms with Gasteiger partial charge in [0.1, 0.15) is 17.7 Å². The smallest absolute Gasteiger partial charge is 0.283 e. The Bertz CT molecular complexity index is 1120. The monoisotopic (exact) mass is 456 g/mol. The highest BCUT2D eigenvalue weighted by atomic mass is 32.2. The number of nitrogens with one attached hydrogen (secondary N) is 1. The number of carbonyl (C=O) groups excluding carboxylic acids is 1. The standard InChI is InChI=1S/C21H20F4N2O3S/c1-31(29,30)26-18-10-27(11-21(18,24)25)20(28)15-9-14(15)12-5-2-3-6-13(12)19-16(22)7-4-8-17(19)23/h2-8,14-15,18,26H,9-11H2,1H3/t14-,15+,18-/m0/s1. The normalized spacial score (nSPS) is 24.9. The molecule has 0 unspecified atom stereocenters. The predicted molar refractivity (Wildman–Crippen MR) is 106 cm³/mol. The zero-order valence-electron chi connectivity index (χ0n) is 16.5. The molecule has 31 heavy (non-hydrogen) atoms. The Hall–Kier alpha value is -2.46. The van der Waals surface area contributed by atoms with E-state index in [-0.39, 0.29) is 11.5 Å². The van der Waals surface area contributed by atoms with Gasteiger partial charge in [-0.2, -0.15) is 0 Å². The number of amides is 1. The van der Waals surface area contributed by atoms with E-state index in [9.17, 15) is 30.8 Å². The summed E-state index contributed by atoms with van der Waals surface area (Å²) in [6.07, 6.45) is 1.14. The van der Waals surface area contributed by atoms with E-state index < -0.39 is 58.5 Å². The predicted octanol–water partition coefficient (Wildman–Crippen LogP) is 3.13. The molecule has 0 bridgehead atoms. The second-order valence-corrected chi connectivity index (χ2v) is 9.84. The van der Waals surface area contributed by atoms with Crippen molar-refractivity contribution in [3.8, 4) is 11.1 Å². The van der Waals surface area contributed by atoms with Crippen LogP contribution in [0.15, 0.2) is 42.5 Å². The van der Waals surface area contributed by atoms with Crippen LogP contribution in [0.3, 0.4) is 0 Å². The van der Waals surface area contributed by atoms with Crippen molar-refractivity contribution < 1.29 is 30.8 Å². The lowest BCUT2D eigenvalue weighted by atomic mass is 9.95. The van der Waals surface area contributed by atoms with Crippen LogP contribution in [0.25, 0.3) is 11.1 Å². The largest absolute Gasteiger partial charge is 0.334 e. The number of alkyl halides is 2. The zero-order chi connectivity index (χ0) is 22.6. The van der Waals surface area contributed by atoms with E-state index in [0.29, 0.717) is 17.5 Å². The SMILES string of the molecule is CS(=O)(=O)N[C@H]1CN(C(=O)[C@@H]2C[C@H]2c2ccccc2-c2c(F)cccc2F)CC1(F)F. The number of benzene rings is 2. The lowest BCUT2D eigenvalue weighted by Crippen LogP contribution is -2.46. The molecule has 2 aromatic rings. The molecule has 1 saturated carbocycles. The number of hydrogen-bond donors (Lipinski definition) is 1. The van der Waals surface area contributed by atoms with Gasteiger partial charge in [0.2, 0.25) is 15.9 Å². The van der Waals surface area contributed by atoms with Gasteiger partial charge in [0.25, 0.3) is 5.92 Å². The summed E-state index contributed by atoms with van der Waals surface area (Å²) in [7, 11) is -3.87. The highest BCUT2D eigenvalue weighted by Gasteiger charge is 2.54. The van der Waals surface area contributed by atoms with Gasteiger partial charge in [0.15, 0.2) is 0 Å². The Kier molecular flexibility index (Phi) is 5.33. The van der Waals surface area contributed by atoms with Gasteiger partial charge in [-0.25, -0.2) is 30.7 Å². The molecule has 1 N–H and O–H groups in total. The summed E-state index contributed by atoms with van der Waals surface area (Å²) < 4.78 is 81.7. The summed E-state index contributed by atoms with van der Waals surface area (Å²) in [5.74, 6) is -6.35. The molecule has 1 aliphatic carbocycles. The first-order valence-electron chi connectivity index (χ1n) is 9.65. The second kappa shape index (κ2) is 7.59. The van der Waals surface area contributed by atoms with Crippen LogP contribution in [-0.4, -0.2) is 50.5 Å². The van der Waals surface area contributed by atoms with Crippen molar-refractivity contribution in [1.82, 2.24) is 9.62 Å². The fourth-order valence-corrected chi connectivity index (χ4v) is 4.95. The van der Waals surface area contributed by atoms with E-state index in [1.165, 1.54) is 6.07 Å². The Labute approximate surface area is 177 Å². The van der Waals surface area contributed by atoms with Crippen LogP contribution in [0, 0.1) is 17.6 Å². The number of hydrogen-bond acceptors (Lipinski definition) is 3. The quantitative estimate of drug-likeness (QED) is 0.704. The molecule has 1 heterocycles. The molecular formula is C21H20F4N2O3S. The molecule has 1 aliphatic heterocycles. The van der Waals surface area contributed by atoms with E-state index in [1.807, 2.05) is 4.72 Å². The summed E-state index contributed by atoms with van der Waals surface area (Å²) in [5, 5.41) is 0. The Balaban J connectivity index is 1.55. The van der Waals surface area contributed by atoms with Crippen molar-refractivity contribution in [1.29, 1.82) is 0 Å². The molecule has 0 spiro atoms. The maximum atomic E-state index is 14.3. The van der Waals surface area contributed by atoms with Crippen LogP contribution in [0.4, 0.5) is 17.6 Å². The third-order valence-electron chi connectivity index (χ3n) is 5.68. The molecule has 0 aromatic heterocycles. The average Bonchev–Trinajstić information content (AvgIpc) is 3.40. The molecule has 1 amide bonds. The third kappa shape index (κ3) is 4.31. The van der Waals surface area contributed by atoms with Gasteiger partial charge < -0.3 is 4.90 Å². The van der Waals surface area contributed by atoms with E-state index in [4.69, 9.17) is 0 Å². The summed E-state index contributed by atoms with van der Waals surface area (Å²) in [4.78, 5) is 13.8. The molecule has 4 rings (SSSR count). The van der Waals surface area contributed by atoms with E-state index in [2.05, 4.69) is 0 Å². The Morgan fingerprint density at radius 1 is 1.10 bits per heavy atom. The minimum Gasteiger partial charge on any atom is -0.334 e. The number of rotatable bonds is 5. The fraction of sp³-hybridized carbons (Fsp3) is 0.381. The molecule has 1 saturated heterocycles. The molecule has 2 fully saturated rings. The lowest BCUT2D eigenvalue weighted by molar-refractivity contribution is -0.133. The second-order valence-electron chi connectivity index (χ2n) is 8.05. The number of carbonyl (C=O) groups is 1. The zero-order valence-corrected chi connectivity index (χ0v) is 17.3. The minimum atomic E-state index is -3.87. The highest BCUT2D eigenvalue weighted by molar-refractivity contribution is 7.88. The van der Waals surface area contributed by atoms with Crippen molar-refractivity contribution in [2.45, 2.75) is 24.3 Å². The van der Waals surface area contributed by atoms with Crippen LogP contribution in [0.2, 0.25) is 0 Å². The van der Waals surface area contributed by atoms with Crippen LogP contribution < -0.4 is 4.72 Å². The van der Waals surface area contributed by atoms with Crippen LogP contribution in [-0.2, 0) is 14.8 Å². The lowest BCUT2D eigenvalue weighted by Gasteiger charge is -2.16. The number of likely N-dealkylation sites (tertiary alicyclic amines) is 1. The molecule has 2 aliphatic rings. The fourth-order valence-electron chi connectivity index (χ4n) is 4.18. The number of halogens is 4. The summed E-state index contributed by atoms with van der Waals surface area (Å²) in [6.45, 7) is -1.32. The first-order valence-corrected chi connectivity index (χ1v) is 11.5. The van der Waals surface area contributed by atoms with Crippen LogP contribution >= 0.6 is 0 Å². The van der Waals surface area contributed by atoms with E-state index in [0.717, 1.165) is 23.3 Å². The highest BCUT2D eigenvalue weighted by Crippen LogP contribution is 2.52. The van der Waals surface area contributed by atoms with E-state index >= 15 is 0 Å². The molecule has 10 heteroatoms. The third-order valence-corrected chi connectivity index (χ3v) is 6.40. The van der Waals surface area contributed by atoms with Crippen molar-refractivity contribution in [3.05, 3.63) is 59.7 Å². The van der Waals surface area contributed by atoms with Gasteiger partial charge in [-0.1, -0.05) is 30.3 Å². The van der Waals surface area contributed by atoms with Gasteiger partial charge in [-0.05, 0) is 35.6 Å². The first-order chi connectivity index (χ1) is 14.5. The average molecular weight is 456 g/mol. The summed E-state index contributed by atoms with van der Waals surface area (Å²) in [5.41, 5.74) is 0.699. The van der Waals surface area contributed by atoms with Crippen molar-refractivity contribution in [2.24, 2.45) is 5.92 Å². The Morgan fingerprint density at radius 3 is 2.39 bits per heavy atom. The Morgan fingerprint density at radius 2 is 1.74 bits per heavy atom. The molecule has 3 atom stereocenters. The van der Waals surface area contributed by atoms with Gasteiger partial charge in [0.05, 0.1) is 18.4 Å². The first kappa shape index (κ1) is 21.8. The summed E-state index contributed by atoms with van der Waals surface area (Å²) in [6, 6.07) is 8.41. The van der Waals surface area contributed by atoms with Crippen molar-refractivity contribution in [3.63, 3.8) is 0 Å². The van der Waals surface area contributed by atoms with Crippen LogP contribution in [0.1, 0.15) is 17.9 Å². The van der Waals surface area contributed by atoms with Gasteiger partial charge in [0, 0.05) is 12.5 Å². The maximum absolute atomic E-state index is 14.3. The van der Waals surface area contributed by atoms with Crippen molar-refractivity contribution in [2.75, 3.05) is 19.3 Å². The number of nitrogens with zero attached hydrogens (tertiary/aromatic N) is 1. The summed E-state index contributed by atoms with van der Waals surface area (Å²) >= 11 is 0. The van der Waals surface area contributed by atoms with Gasteiger partial charge in [-0.3, -0.25) is 4.79 Å². The number of sulfonamides is 1. The van der Waals surface area contributed by atoms with Crippen molar-refractivity contribution >= 4 is 15.9 Å². The van der Waals surface area contributed by atoms with E-state index in [1.54, 1.807) is 24.3 Å². The molecular weight excluding hydrogens is 436 g/mol. The minimum absolute atomic E-state index is 0.193. The molecule has 2 aromatic carbocycles. The molecule has 0 radical (unpaired) electrons. The van der Waals surface area contributed by atoms with Crippen LogP contribution in [0.5, 0.6) is 0 Å². The topological polar surface area (TPSA) is 66.5 Å². The molecule has 5 nitrogen and oxygen atoms in total.